The van der Waals surface area contributed by atoms with E-state index in [2.05, 4.69) is 5.73 Å². The van der Waals surface area contributed by atoms with Crippen LogP contribution in [0.1, 0.15) is 6.92 Å². The molecule has 0 aliphatic carbocycles. The second-order valence-corrected chi connectivity index (χ2v) is 0.678. The molecule has 0 aromatic carbocycles. The first-order valence-corrected chi connectivity index (χ1v) is 1.13. The van der Waals surface area contributed by atoms with Crippen molar-refractivity contribution in [1.82, 2.24) is 0 Å². The maximum absolute atomic E-state index is 10.8. The molecule has 0 heterocycles. The minimum Gasteiger partial charge on any atom is -0.302 e. The first kappa shape index (κ1) is 3.89. The summed E-state index contributed by atoms with van der Waals surface area (Å²) in [5, 5.41) is 0. The van der Waals surface area contributed by atoms with Crippen molar-refractivity contribution in [1.29, 1.82) is 0 Å². The van der Waals surface area contributed by atoms with E-state index in [1.807, 2.05) is 0 Å². The molecule has 0 aromatic heterocycles. The van der Waals surface area contributed by atoms with E-state index in [1.165, 1.54) is 6.92 Å². The highest BCUT2D eigenvalue weighted by atomic mass is 19.1. The van der Waals surface area contributed by atoms with E-state index in [1.54, 1.807) is 0 Å². The van der Waals surface area contributed by atoms with Gasteiger partial charge in [-0.2, -0.15) is 0 Å². The van der Waals surface area contributed by atoms with Crippen LogP contribution in [0.25, 0.3) is 0 Å². The van der Waals surface area contributed by atoms with Gasteiger partial charge in [-0.15, -0.1) is 0 Å². The molecular formula is C2H6FN. The zero-order valence-corrected chi connectivity index (χ0v) is 2.53. The predicted octanol–water partition coefficient (Wildman–Crippen LogP) is 0.261. The van der Waals surface area contributed by atoms with Crippen molar-refractivity contribution in [2.75, 3.05) is 0 Å². The van der Waals surface area contributed by atoms with Crippen LogP contribution in [0.15, 0.2) is 0 Å². The number of hydrogen-bond donors (Lipinski definition) is 1. The number of alkyl halides is 1. The van der Waals surface area contributed by atoms with Crippen LogP contribution in [0.2, 0.25) is 0 Å². The molecule has 0 amide bonds. The highest BCUT2D eigenvalue weighted by Gasteiger charge is 1.72. The molecule has 0 fully saturated rings. The summed E-state index contributed by atoms with van der Waals surface area (Å²) in [4.78, 5) is 0. The molecule has 0 saturated heterocycles. The molecule has 2 heteroatoms. The van der Waals surface area contributed by atoms with E-state index in [0.717, 1.165) is 0 Å². The minimum atomic E-state index is -1.17. The molecular weight excluding hydrogens is 57.0 g/mol. The number of rotatable bonds is 0. The first-order chi connectivity index (χ1) is 1.73. The molecule has 0 unspecified atom stereocenters. The predicted molar refractivity (Wildman–Crippen MR) is 14.8 cm³/mol. The van der Waals surface area contributed by atoms with Gasteiger partial charge < -0.3 is 5.73 Å². The van der Waals surface area contributed by atoms with E-state index >= 15 is 0 Å². The van der Waals surface area contributed by atoms with Gasteiger partial charge in [0.1, 0.15) is 6.30 Å². The van der Waals surface area contributed by atoms with Crippen molar-refractivity contribution in [3.05, 3.63) is 0 Å². The maximum Gasteiger partial charge on any atom is 0.145 e. The van der Waals surface area contributed by atoms with Crippen LogP contribution in [0, 0.1) is 0 Å². The summed E-state index contributed by atoms with van der Waals surface area (Å²) in [6, 6.07) is 0. The van der Waals surface area contributed by atoms with E-state index < -0.39 is 6.30 Å². The third-order valence-corrected chi connectivity index (χ3v) is 0. The van der Waals surface area contributed by atoms with Crippen LogP contribution in [-0.2, 0) is 0 Å². The molecule has 1 atom stereocenters. The van der Waals surface area contributed by atoms with Crippen molar-refractivity contribution in [2.24, 2.45) is 5.73 Å². The summed E-state index contributed by atoms with van der Waals surface area (Å²) in [5.41, 5.74) is 4.44. The summed E-state index contributed by atoms with van der Waals surface area (Å²) >= 11 is 0. The Bertz CT molecular complexity index is 10.8. The lowest BCUT2D eigenvalue weighted by atomic mass is 10.8. The Morgan fingerprint density at radius 1 is 2.00 bits per heavy atom. The van der Waals surface area contributed by atoms with Gasteiger partial charge in [-0.1, -0.05) is 0 Å². The summed E-state index contributed by atoms with van der Waals surface area (Å²) in [7, 11) is 0. The Kier molecular flexibility index (Phi) is 1.20. The number of nitrogens with two attached hydrogens (primary N) is 1. The number of hydrogen-bond acceptors (Lipinski definition) is 1. The van der Waals surface area contributed by atoms with Gasteiger partial charge in [-0.3, -0.25) is 0 Å². The van der Waals surface area contributed by atoms with Crippen molar-refractivity contribution in [3.63, 3.8) is 0 Å². The lowest BCUT2D eigenvalue weighted by Crippen LogP contribution is -2.04. The molecule has 1 nitrogen and oxygen atoms in total. The van der Waals surface area contributed by atoms with Gasteiger partial charge in [0, 0.05) is 0 Å². The van der Waals surface area contributed by atoms with Gasteiger partial charge in [-0.25, -0.2) is 4.39 Å². The molecule has 0 bridgehead atoms. The SMILES string of the molecule is C[C@@H](N)F. The zero-order valence-electron chi connectivity index (χ0n) is 2.53. The molecule has 0 aliphatic rings. The van der Waals surface area contributed by atoms with E-state index in [0.29, 0.717) is 0 Å². The van der Waals surface area contributed by atoms with Crippen LogP contribution < -0.4 is 5.73 Å². The first-order valence-electron chi connectivity index (χ1n) is 1.13. The lowest BCUT2D eigenvalue weighted by molar-refractivity contribution is 0.374. The molecule has 26 valence electrons. The Morgan fingerprint density at radius 3 is 2.00 bits per heavy atom. The third kappa shape index (κ3) is 124. The van der Waals surface area contributed by atoms with Gasteiger partial charge in [0.2, 0.25) is 0 Å². The fourth-order valence-electron chi connectivity index (χ4n) is 0. The van der Waals surface area contributed by atoms with Crippen LogP contribution >= 0.6 is 0 Å². The Balaban J connectivity index is 2.32. The zero-order chi connectivity index (χ0) is 3.58. The average Bonchev–Trinajstić information content (AvgIpc) is 0.811. The normalized spacial score (nSPS) is 15.8. The van der Waals surface area contributed by atoms with Crippen LogP contribution in [-0.4, -0.2) is 6.30 Å². The topological polar surface area (TPSA) is 26.0 Å². The van der Waals surface area contributed by atoms with Gasteiger partial charge in [0.15, 0.2) is 0 Å². The van der Waals surface area contributed by atoms with Gasteiger partial charge in [0.05, 0.1) is 0 Å². The molecule has 0 rings (SSSR count). The largest absolute Gasteiger partial charge is 0.302 e. The van der Waals surface area contributed by atoms with Gasteiger partial charge in [-0.05, 0) is 6.92 Å². The Hall–Kier alpha value is -0.110. The molecule has 0 saturated carbocycles. The maximum atomic E-state index is 10.8. The van der Waals surface area contributed by atoms with Crippen molar-refractivity contribution in [2.45, 2.75) is 13.2 Å². The highest BCUT2D eigenvalue weighted by Crippen LogP contribution is 1.65. The standard InChI is InChI=1S/C2H6FN/c1-2(3)4/h2H,4H2,1H3/t2-/m1/s1. The third-order valence-electron chi connectivity index (χ3n) is 0. The Morgan fingerprint density at radius 2 is 2.00 bits per heavy atom. The van der Waals surface area contributed by atoms with Crippen LogP contribution in [0.3, 0.4) is 0 Å². The smallest absolute Gasteiger partial charge is 0.145 e. The van der Waals surface area contributed by atoms with Crippen molar-refractivity contribution < 1.29 is 4.39 Å². The quantitative estimate of drug-likeness (QED) is 0.401. The Labute approximate surface area is 24.6 Å². The molecule has 2 N–H and O–H groups in total. The fraction of sp³-hybridized carbons (Fsp3) is 1.00. The summed E-state index contributed by atoms with van der Waals surface area (Å²) in [6.07, 6.45) is -1.17. The van der Waals surface area contributed by atoms with E-state index in [4.69, 9.17) is 0 Å². The van der Waals surface area contributed by atoms with Gasteiger partial charge in [0.25, 0.3) is 0 Å². The summed E-state index contributed by atoms with van der Waals surface area (Å²) in [6.45, 7) is 1.28. The molecule has 0 aromatic rings. The highest BCUT2D eigenvalue weighted by molar-refractivity contribution is 4.18. The van der Waals surface area contributed by atoms with Gasteiger partial charge >= 0.3 is 0 Å². The fourth-order valence-corrected chi connectivity index (χ4v) is 0. The monoisotopic (exact) mass is 63.0 g/mol. The molecule has 0 aliphatic heterocycles. The molecule has 4 heavy (non-hydrogen) atoms. The van der Waals surface area contributed by atoms with E-state index in [9.17, 15) is 4.39 Å². The van der Waals surface area contributed by atoms with Crippen LogP contribution in [0.5, 0.6) is 0 Å². The van der Waals surface area contributed by atoms with Crippen LogP contribution in [0.4, 0.5) is 4.39 Å². The lowest BCUT2D eigenvalue weighted by Gasteiger charge is -1.76. The van der Waals surface area contributed by atoms with Crippen molar-refractivity contribution >= 4 is 0 Å². The number of halogens is 1. The summed E-state index contributed by atoms with van der Waals surface area (Å²) in [5.74, 6) is 0. The second-order valence-electron chi connectivity index (χ2n) is 0.678. The molecule has 0 radical (unpaired) electrons. The minimum absolute atomic E-state index is 1.17. The summed E-state index contributed by atoms with van der Waals surface area (Å²) < 4.78 is 10.8. The van der Waals surface area contributed by atoms with E-state index in [-0.39, 0.29) is 0 Å². The van der Waals surface area contributed by atoms with Crippen molar-refractivity contribution in [3.8, 4) is 0 Å². The second kappa shape index (κ2) is 1.24. The molecule has 0 spiro atoms. The average molecular weight is 63.1 g/mol.